The standard InChI is InChI=1S/C32H30FN3O3/c1-35(20-18-25-7-5-6-19-34-25)32(38)29-27-8-3-4-9-28(27)31(37)36(21-22-10-14-24(33)15-11-22)30(29)23-12-16-26(39-2)17-13-23/h3-17,19,29-30H,18,20-21H2,1-2H3/t29-,30-/m1/s1. The number of halogens is 1. The van der Waals surface area contributed by atoms with Crippen molar-refractivity contribution in [3.05, 3.63) is 131 Å². The number of aromatic nitrogens is 1. The molecule has 7 heteroatoms. The number of benzene rings is 3. The van der Waals surface area contributed by atoms with Gasteiger partial charge in [0.05, 0.1) is 19.1 Å². The molecule has 6 nitrogen and oxygen atoms in total. The van der Waals surface area contributed by atoms with E-state index in [0.29, 0.717) is 29.8 Å². The van der Waals surface area contributed by atoms with Crippen LogP contribution in [0.5, 0.6) is 5.75 Å². The van der Waals surface area contributed by atoms with E-state index in [4.69, 9.17) is 4.74 Å². The van der Waals surface area contributed by atoms with Gasteiger partial charge in [-0.1, -0.05) is 48.5 Å². The van der Waals surface area contributed by atoms with Gasteiger partial charge in [-0.15, -0.1) is 0 Å². The number of carbonyl (C=O) groups is 2. The van der Waals surface area contributed by atoms with Crippen LogP contribution in [0.15, 0.2) is 97.2 Å². The highest BCUT2D eigenvalue weighted by Crippen LogP contribution is 2.44. The van der Waals surface area contributed by atoms with Gasteiger partial charge in [0.25, 0.3) is 5.91 Å². The van der Waals surface area contributed by atoms with Gasteiger partial charge in [-0.05, 0) is 59.2 Å². The largest absolute Gasteiger partial charge is 0.497 e. The highest BCUT2D eigenvalue weighted by Gasteiger charge is 2.45. The Morgan fingerprint density at radius 2 is 1.69 bits per heavy atom. The van der Waals surface area contributed by atoms with E-state index in [2.05, 4.69) is 4.98 Å². The lowest BCUT2D eigenvalue weighted by Crippen LogP contribution is -2.47. The number of ether oxygens (including phenoxy) is 1. The van der Waals surface area contributed by atoms with E-state index >= 15 is 0 Å². The van der Waals surface area contributed by atoms with E-state index in [0.717, 1.165) is 16.8 Å². The van der Waals surface area contributed by atoms with Crippen LogP contribution in [0.25, 0.3) is 0 Å². The van der Waals surface area contributed by atoms with Crippen molar-refractivity contribution in [3.63, 3.8) is 0 Å². The predicted molar refractivity (Wildman–Crippen MR) is 147 cm³/mol. The van der Waals surface area contributed by atoms with Gasteiger partial charge in [0.15, 0.2) is 0 Å². The maximum atomic E-state index is 14.2. The molecule has 0 fully saturated rings. The Hall–Kier alpha value is -4.52. The average molecular weight is 524 g/mol. The molecule has 0 bridgehead atoms. The number of methoxy groups -OCH3 is 1. The molecule has 0 aliphatic carbocycles. The first kappa shape index (κ1) is 26.1. The van der Waals surface area contributed by atoms with Crippen LogP contribution in [0, 0.1) is 5.82 Å². The number of hydrogen-bond donors (Lipinski definition) is 0. The fraction of sp³-hybridized carbons (Fsp3) is 0.219. The number of likely N-dealkylation sites (N-methyl/N-ethyl adjacent to an activating group) is 1. The fourth-order valence-corrected chi connectivity index (χ4v) is 5.17. The zero-order valence-corrected chi connectivity index (χ0v) is 22.0. The summed E-state index contributed by atoms with van der Waals surface area (Å²) in [4.78, 5) is 36.0. The number of rotatable bonds is 8. The highest BCUT2D eigenvalue weighted by atomic mass is 19.1. The zero-order chi connectivity index (χ0) is 27.4. The van der Waals surface area contributed by atoms with E-state index in [1.54, 1.807) is 48.4 Å². The predicted octanol–water partition coefficient (Wildman–Crippen LogP) is 5.41. The Bertz CT molecular complexity index is 1440. The second-order valence-corrected chi connectivity index (χ2v) is 9.67. The molecule has 3 aromatic carbocycles. The lowest BCUT2D eigenvalue weighted by atomic mass is 9.78. The van der Waals surface area contributed by atoms with Crippen molar-refractivity contribution in [3.8, 4) is 5.75 Å². The van der Waals surface area contributed by atoms with Gasteiger partial charge in [0.2, 0.25) is 5.91 Å². The third-order valence-corrected chi connectivity index (χ3v) is 7.23. The number of carbonyl (C=O) groups excluding carboxylic acids is 2. The van der Waals surface area contributed by atoms with Crippen LogP contribution >= 0.6 is 0 Å². The van der Waals surface area contributed by atoms with E-state index in [1.165, 1.54) is 12.1 Å². The van der Waals surface area contributed by atoms with Crippen molar-refractivity contribution in [1.29, 1.82) is 0 Å². The molecular formula is C32H30FN3O3. The Morgan fingerprint density at radius 1 is 0.974 bits per heavy atom. The number of pyridine rings is 1. The van der Waals surface area contributed by atoms with Crippen LogP contribution in [-0.4, -0.2) is 47.3 Å². The Balaban J connectivity index is 1.56. The van der Waals surface area contributed by atoms with E-state index < -0.39 is 12.0 Å². The summed E-state index contributed by atoms with van der Waals surface area (Å²) in [7, 11) is 3.39. The van der Waals surface area contributed by atoms with Crippen LogP contribution in [0.3, 0.4) is 0 Å². The minimum atomic E-state index is -0.638. The smallest absolute Gasteiger partial charge is 0.255 e. The first-order valence-electron chi connectivity index (χ1n) is 12.9. The molecule has 1 aromatic heterocycles. The topological polar surface area (TPSA) is 62.7 Å². The van der Waals surface area contributed by atoms with Gasteiger partial charge in [-0.3, -0.25) is 14.6 Å². The van der Waals surface area contributed by atoms with Crippen LogP contribution < -0.4 is 4.74 Å². The first-order chi connectivity index (χ1) is 19.0. The maximum absolute atomic E-state index is 14.2. The third kappa shape index (κ3) is 5.53. The monoisotopic (exact) mass is 523 g/mol. The van der Waals surface area contributed by atoms with E-state index in [-0.39, 0.29) is 24.2 Å². The van der Waals surface area contributed by atoms with Crippen molar-refractivity contribution in [1.82, 2.24) is 14.8 Å². The van der Waals surface area contributed by atoms with E-state index in [9.17, 15) is 14.0 Å². The summed E-state index contributed by atoms with van der Waals surface area (Å²) < 4.78 is 19.0. The van der Waals surface area contributed by atoms with Crippen LogP contribution in [0.2, 0.25) is 0 Å². The maximum Gasteiger partial charge on any atom is 0.255 e. The van der Waals surface area contributed by atoms with Crippen LogP contribution in [0.4, 0.5) is 4.39 Å². The molecule has 2 heterocycles. The minimum absolute atomic E-state index is 0.0872. The Labute approximate surface area is 227 Å². The van der Waals surface area contributed by atoms with Gasteiger partial charge in [-0.2, -0.15) is 0 Å². The molecular weight excluding hydrogens is 493 g/mol. The molecule has 39 heavy (non-hydrogen) atoms. The lowest BCUT2D eigenvalue weighted by Gasteiger charge is -2.43. The van der Waals surface area contributed by atoms with Crippen molar-refractivity contribution >= 4 is 11.8 Å². The molecule has 0 saturated heterocycles. The highest BCUT2D eigenvalue weighted by molar-refractivity contribution is 6.01. The van der Waals surface area contributed by atoms with Crippen molar-refractivity contribution < 1.29 is 18.7 Å². The molecule has 0 unspecified atom stereocenters. The molecule has 0 N–H and O–H groups in total. The molecule has 0 radical (unpaired) electrons. The molecule has 0 spiro atoms. The summed E-state index contributed by atoms with van der Waals surface area (Å²) in [6, 6.07) is 26.1. The molecule has 2 atom stereocenters. The number of nitrogens with zero attached hydrogens (tertiary/aromatic N) is 3. The molecule has 4 aromatic rings. The Morgan fingerprint density at radius 3 is 2.38 bits per heavy atom. The second-order valence-electron chi connectivity index (χ2n) is 9.67. The van der Waals surface area contributed by atoms with Crippen molar-refractivity contribution in [2.24, 2.45) is 0 Å². The van der Waals surface area contributed by atoms with Crippen LogP contribution in [-0.2, 0) is 17.8 Å². The molecule has 5 rings (SSSR count). The molecule has 1 aliphatic rings. The van der Waals surface area contributed by atoms with Crippen molar-refractivity contribution in [2.45, 2.75) is 24.9 Å². The number of amides is 2. The number of fused-ring (bicyclic) bond motifs is 1. The van der Waals surface area contributed by atoms with Crippen molar-refractivity contribution in [2.75, 3.05) is 20.7 Å². The zero-order valence-electron chi connectivity index (χ0n) is 22.0. The summed E-state index contributed by atoms with van der Waals surface area (Å²) in [5.74, 6) is -0.557. The quantitative estimate of drug-likeness (QED) is 0.310. The van der Waals surface area contributed by atoms with Gasteiger partial charge in [0.1, 0.15) is 11.6 Å². The van der Waals surface area contributed by atoms with Gasteiger partial charge < -0.3 is 14.5 Å². The minimum Gasteiger partial charge on any atom is -0.497 e. The van der Waals surface area contributed by atoms with Gasteiger partial charge >= 0.3 is 0 Å². The van der Waals surface area contributed by atoms with E-state index in [1.807, 2.05) is 60.7 Å². The van der Waals surface area contributed by atoms with Gasteiger partial charge in [-0.25, -0.2) is 4.39 Å². The summed E-state index contributed by atoms with van der Waals surface area (Å²) >= 11 is 0. The summed E-state index contributed by atoms with van der Waals surface area (Å²) in [6.45, 7) is 0.710. The second kappa shape index (κ2) is 11.5. The van der Waals surface area contributed by atoms with Crippen LogP contribution in [0.1, 0.15) is 44.7 Å². The lowest BCUT2D eigenvalue weighted by molar-refractivity contribution is -0.133. The normalized spacial score (nSPS) is 16.5. The molecule has 198 valence electrons. The molecule has 1 aliphatic heterocycles. The SMILES string of the molecule is COc1ccc([C@@H]2[C@H](C(=O)N(C)CCc3ccccn3)c3ccccc3C(=O)N2Cc2ccc(F)cc2)cc1. The van der Waals surface area contributed by atoms with Gasteiger partial charge in [0, 0.05) is 44.0 Å². The third-order valence-electron chi connectivity index (χ3n) is 7.23. The summed E-state index contributed by atoms with van der Waals surface area (Å²) in [6.07, 6.45) is 2.36. The summed E-state index contributed by atoms with van der Waals surface area (Å²) in [5, 5.41) is 0. The Kier molecular flexibility index (Phi) is 7.68. The number of hydrogen-bond acceptors (Lipinski definition) is 4. The fourth-order valence-electron chi connectivity index (χ4n) is 5.17. The molecule has 0 saturated carbocycles. The molecule has 2 amide bonds. The average Bonchev–Trinajstić information content (AvgIpc) is 2.98. The summed E-state index contributed by atoms with van der Waals surface area (Å²) in [5.41, 5.74) is 3.70. The first-order valence-corrected chi connectivity index (χ1v) is 12.9.